The van der Waals surface area contributed by atoms with E-state index in [4.69, 9.17) is 5.11 Å². The first kappa shape index (κ1) is 15.2. The molecule has 4 heteroatoms. The molecular formula is C12H26N2O2. The summed E-state index contributed by atoms with van der Waals surface area (Å²) in [5.41, 5.74) is 0.322. The van der Waals surface area contributed by atoms with Crippen LogP contribution in [0, 0.1) is 5.41 Å². The number of hydrogen-bond acceptors (Lipinski definition) is 2. The summed E-state index contributed by atoms with van der Waals surface area (Å²) in [6, 6.07) is -0.123. The van der Waals surface area contributed by atoms with E-state index in [0.29, 0.717) is 18.4 Å². The van der Waals surface area contributed by atoms with Crippen LogP contribution >= 0.6 is 0 Å². The maximum atomic E-state index is 11.3. The number of urea groups is 1. The van der Waals surface area contributed by atoms with Gasteiger partial charge in [0.1, 0.15) is 0 Å². The van der Waals surface area contributed by atoms with Gasteiger partial charge in [-0.2, -0.15) is 0 Å². The Balaban J connectivity index is 3.51. The second kappa shape index (κ2) is 7.49. The van der Waals surface area contributed by atoms with Crippen molar-refractivity contribution in [1.82, 2.24) is 10.6 Å². The van der Waals surface area contributed by atoms with Crippen molar-refractivity contribution < 1.29 is 9.90 Å². The number of aliphatic hydroxyl groups excluding tert-OH is 1. The van der Waals surface area contributed by atoms with Gasteiger partial charge in [0, 0.05) is 19.2 Å². The van der Waals surface area contributed by atoms with E-state index in [2.05, 4.69) is 31.4 Å². The first-order valence-electron chi connectivity index (χ1n) is 6.00. The van der Waals surface area contributed by atoms with Crippen LogP contribution in [0.15, 0.2) is 0 Å². The van der Waals surface area contributed by atoms with Crippen molar-refractivity contribution in [2.45, 2.75) is 53.0 Å². The molecule has 0 aliphatic rings. The van der Waals surface area contributed by atoms with Crippen LogP contribution in [0.1, 0.15) is 47.0 Å². The van der Waals surface area contributed by atoms with Gasteiger partial charge in [-0.3, -0.25) is 0 Å². The average molecular weight is 230 g/mol. The lowest BCUT2D eigenvalue weighted by molar-refractivity contribution is 0.230. The molecule has 0 aliphatic heterocycles. The Hall–Kier alpha value is -0.770. The maximum Gasteiger partial charge on any atom is 0.314 e. The van der Waals surface area contributed by atoms with Gasteiger partial charge in [0.2, 0.25) is 0 Å². The zero-order valence-electron chi connectivity index (χ0n) is 11.0. The third kappa shape index (κ3) is 9.77. The number of carbonyl (C=O) groups excluding carboxylic acids is 1. The van der Waals surface area contributed by atoms with Crippen molar-refractivity contribution in [3.63, 3.8) is 0 Å². The summed E-state index contributed by atoms with van der Waals surface area (Å²) in [5, 5.41) is 14.3. The minimum Gasteiger partial charge on any atom is -0.396 e. The van der Waals surface area contributed by atoms with Crippen molar-refractivity contribution in [2.24, 2.45) is 5.41 Å². The molecule has 0 heterocycles. The first-order valence-corrected chi connectivity index (χ1v) is 6.00. The van der Waals surface area contributed by atoms with E-state index in [-0.39, 0.29) is 18.7 Å². The Morgan fingerprint density at radius 3 is 2.50 bits per heavy atom. The van der Waals surface area contributed by atoms with E-state index in [9.17, 15) is 4.79 Å². The van der Waals surface area contributed by atoms with Gasteiger partial charge in [-0.25, -0.2) is 4.79 Å². The molecule has 4 nitrogen and oxygen atoms in total. The summed E-state index contributed by atoms with van der Waals surface area (Å²) in [4.78, 5) is 11.3. The van der Waals surface area contributed by atoms with Crippen LogP contribution in [0.25, 0.3) is 0 Å². The van der Waals surface area contributed by atoms with Crippen LogP contribution in [-0.2, 0) is 0 Å². The lowest BCUT2D eigenvalue weighted by Gasteiger charge is -2.18. The van der Waals surface area contributed by atoms with Gasteiger partial charge in [0.25, 0.3) is 0 Å². The second-order valence-electron chi connectivity index (χ2n) is 5.48. The Labute approximate surface area is 98.8 Å². The normalized spacial score (nSPS) is 13.3. The molecule has 96 valence electrons. The highest BCUT2D eigenvalue weighted by Crippen LogP contribution is 2.19. The summed E-state index contributed by atoms with van der Waals surface area (Å²) < 4.78 is 0. The molecule has 0 radical (unpaired) electrons. The number of amides is 2. The number of carbonyl (C=O) groups is 1. The van der Waals surface area contributed by atoms with Gasteiger partial charge in [-0.15, -0.1) is 0 Å². The molecule has 0 spiro atoms. The highest BCUT2D eigenvalue weighted by Gasteiger charge is 2.10. The van der Waals surface area contributed by atoms with E-state index >= 15 is 0 Å². The van der Waals surface area contributed by atoms with Crippen LogP contribution in [0.2, 0.25) is 0 Å². The molecule has 0 rings (SSSR count). The second-order valence-corrected chi connectivity index (χ2v) is 5.48. The zero-order chi connectivity index (χ0) is 12.6. The van der Waals surface area contributed by atoms with E-state index in [0.717, 1.165) is 12.8 Å². The fraction of sp³-hybridized carbons (Fsp3) is 0.917. The third-order valence-corrected chi connectivity index (χ3v) is 2.33. The topological polar surface area (TPSA) is 61.4 Å². The van der Waals surface area contributed by atoms with Crippen molar-refractivity contribution in [3.05, 3.63) is 0 Å². The van der Waals surface area contributed by atoms with Crippen LogP contribution in [0.5, 0.6) is 0 Å². The van der Waals surface area contributed by atoms with Gasteiger partial charge in [-0.1, -0.05) is 20.8 Å². The molecule has 0 fully saturated rings. The van der Waals surface area contributed by atoms with Crippen LogP contribution in [-0.4, -0.2) is 30.3 Å². The van der Waals surface area contributed by atoms with Gasteiger partial charge in [0.05, 0.1) is 0 Å². The van der Waals surface area contributed by atoms with E-state index < -0.39 is 0 Å². The molecule has 0 aromatic carbocycles. The van der Waals surface area contributed by atoms with Gasteiger partial charge < -0.3 is 15.7 Å². The predicted molar refractivity (Wildman–Crippen MR) is 66.4 cm³/mol. The zero-order valence-corrected chi connectivity index (χ0v) is 11.0. The number of hydrogen-bond donors (Lipinski definition) is 3. The molecule has 0 aromatic rings. The molecule has 0 aliphatic carbocycles. The van der Waals surface area contributed by atoms with Gasteiger partial charge in [-0.05, 0) is 31.6 Å². The Morgan fingerprint density at radius 1 is 1.38 bits per heavy atom. The smallest absolute Gasteiger partial charge is 0.314 e. The molecule has 0 saturated carbocycles. The third-order valence-electron chi connectivity index (χ3n) is 2.33. The lowest BCUT2D eigenvalue weighted by atomic mass is 9.91. The first-order chi connectivity index (χ1) is 7.35. The standard InChI is InChI=1S/C12H26N2O2/c1-10(6-9-15)14-11(16)13-8-5-7-12(2,3)4/h10,15H,5-9H2,1-4H3,(H2,13,14,16)/t10-/m1/s1. The summed E-state index contributed by atoms with van der Waals surface area (Å²) in [6.07, 6.45) is 2.68. The number of aliphatic hydroxyl groups is 1. The van der Waals surface area contributed by atoms with E-state index in [1.54, 1.807) is 0 Å². The molecule has 0 saturated heterocycles. The van der Waals surface area contributed by atoms with Crippen molar-refractivity contribution >= 4 is 6.03 Å². The SMILES string of the molecule is C[C@H](CCO)NC(=O)NCCCC(C)(C)C. The lowest BCUT2D eigenvalue weighted by Crippen LogP contribution is -2.41. The van der Waals surface area contributed by atoms with Crippen LogP contribution in [0.3, 0.4) is 0 Å². The Kier molecular flexibility index (Phi) is 7.13. The number of rotatable bonds is 6. The molecular weight excluding hydrogens is 204 g/mol. The molecule has 16 heavy (non-hydrogen) atoms. The summed E-state index contributed by atoms with van der Waals surface area (Å²) in [6.45, 7) is 9.26. The largest absolute Gasteiger partial charge is 0.396 e. The predicted octanol–water partition coefficient (Wildman–Crippen LogP) is 1.88. The van der Waals surface area contributed by atoms with Crippen molar-refractivity contribution in [2.75, 3.05) is 13.2 Å². The fourth-order valence-electron chi connectivity index (χ4n) is 1.36. The minimum atomic E-state index is -0.144. The molecule has 3 N–H and O–H groups in total. The van der Waals surface area contributed by atoms with Crippen LogP contribution in [0.4, 0.5) is 4.79 Å². The molecule has 2 amide bonds. The average Bonchev–Trinajstić information content (AvgIpc) is 2.11. The van der Waals surface area contributed by atoms with Crippen molar-refractivity contribution in [1.29, 1.82) is 0 Å². The molecule has 0 unspecified atom stereocenters. The maximum absolute atomic E-state index is 11.3. The Morgan fingerprint density at radius 2 is 2.00 bits per heavy atom. The van der Waals surface area contributed by atoms with E-state index in [1.807, 2.05) is 6.92 Å². The highest BCUT2D eigenvalue weighted by atomic mass is 16.3. The number of nitrogens with one attached hydrogen (secondary N) is 2. The highest BCUT2D eigenvalue weighted by molar-refractivity contribution is 5.74. The Bertz CT molecular complexity index is 200. The van der Waals surface area contributed by atoms with Crippen molar-refractivity contribution in [3.8, 4) is 0 Å². The minimum absolute atomic E-state index is 0.0209. The summed E-state index contributed by atoms with van der Waals surface area (Å²) >= 11 is 0. The molecule has 0 bridgehead atoms. The summed E-state index contributed by atoms with van der Waals surface area (Å²) in [7, 11) is 0. The fourth-order valence-corrected chi connectivity index (χ4v) is 1.36. The summed E-state index contributed by atoms with van der Waals surface area (Å²) in [5.74, 6) is 0. The van der Waals surface area contributed by atoms with Gasteiger partial charge >= 0.3 is 6.03 Å². The monoisotopic (exact) mass is 230 g/mol. The molecule has 1 atom stereocenters. The van der Waals surface area contributed by atoms with Crippen LogP contribution < -0.4 is 10.6 Å². The molecule has 0 aromatic heterocycles. The quantitative estimate of drug-likeness (QED) is 0.610. The van der Waals surface area contributed by atoms with Gasteiger partial charge in [0.15, 0.2) is 0 Å². The van der Waals surface area contributed by atoms with E-state index in [1.165, 1.54) is 0 Å².